The summed E-state index contributed by atoms with van der Waals surface area (Å²) in [5.41, 5.74) is 5.91. The summed E-state index contributed by atoms with van der Waals surface area (Å²) in [6, 6.07) is 13.2. The molecule has 0 saturated heterocycles. The Morgan fingerprint density at radius 2 is 2.00 bits per heavy atom. The Balaban J connectivity index is 2.07. The molecule has 2 aromatic rings. The molecular formula is C15H16BrN3O. The Hall–Kier alpha value is -1.85. The summed E-state index contributed by atoms with van der Waals surface area (Å²) in [6.07, 6.45) is 0. The predicted molar refractivity (Wildman–Crippen MR) is 84.3 cm³/mol. The smallest absolute Gasteiger partial charge is 0.251 e. The van der Waals surface area contributed by atoms with Crippen LogP contribution in [0, 0.1) is 6.92 Å². The maximum absolute atomic E-state index is 12.2. The zero-order valence-electron chi connectivity index (χ0n) is 11.1. The van der Waals surface area contributed by atoms with Crippen molar-refractivity contribution in [1.82, 2.24) is 5.32 Å². The standard InChI is InChI=1S/C15H16BrN3O/c1-10-8-12(19-17)6-7-13(10)15(20)18-9-11-4-2-3-5-14(11)16/h2-8,19H,9,17H2,1H3,(H,18,20). The van der Waals surface area contributed by atoms with Gasteiger partial charge in [-0.25, -0.2) is 0 Å². The molecule has 4 N–H and O–H groups in total. The van der Waals surface area contributed by atoms with Crippen molar-refractivity contribution < 1.29 is 4.79 Å². The van der Waals surface area contributed by atoms with Gasteiger partial charge < -0.3 is 10.7 Å². The molecule has 0 saturated carbocycles. The quantitative estimate of drug-likeness (QED) is 0.595. The van der Waals surface area contributed by atoms with Gasteiger partial charge in [0.15, 0.2) is 0 Å². The van der Waals surface area contributed by atoms with Crippen LogP contribution < -0.4 is 16.6 Å². The van der Waals surface area contributed by atoms with Crippen molar-refractivity contribution in [3.05, 3.63) is 63.6 Å². The summed E-state index contributed by atoms with van der Waals surface area (Å²) >= 11 is 3.46. The Morgan fingerprint density at radius 3 is 2.65 bits per heavy atom. The van der Waals surface area contributed by atoms with E-state index < -0.39 is 0 Å². The van der Waals surface area contributed by atoms with Gasteiger partial charge in [-0.1, -0.05) is 34.1 Å². The molecule has 1 amide bonds. The molecule has 0 radical (unpaired) electrons. The van der Waals surface area contributed by atoms with Crippen LogP contribution in [0.3, 0.4) is 0 Å². The third kappa shape index (κ3) is 3.37. The highest BCUT2D eigenvalue weighted by atomic mass is 79.9. The number of amides is 1. The first-order chi connectivity index (χ1) is 9.61. The van der Waals surface area contributed by atoms with E-state index in [-0.39, 0.29) is 5.91 Å². The first-order valence-corrected chi connectivity index (χ1v) is 7.00. The molecule has 0 aliphatic carbocycles. The molecule has 0 bridgehead atoms. The van der Waals surface area contributed by atoms with Gasteiger partial charge in [-0.05, 0) is 42.3 Å². The second kappa shape index (κ2) is 6.54. The number of carbonyl (C=O) groups excluding carboxylic acids is 1. The lowest BCUT2D eigenvalue weighted by Crippen LogP contribution is -2.24. The molecule has 0 heterocycles. The zero-order valence-corrected chi connectivity index (χ0v) is 12.7. The Morgan fingerprint density at radius 1 is 1.25 bits per heavy atom. The van der Waals surface area contributed by atoms with Gasteiger partial charge in [-0.3, -0.25) is 10.6 Å². The Kier molecular flexibility index (Phi) is 4.76. The van der Waals surface area contributed by atoms with Crippen LogP contribution in [-0.2, 0) is 6.54 Å². The lowest BCUT2D eigenvalue weighted by atomic mass is 10.1. The van der Waals surface area contributed by atoms with Crippen LogP contribution in [-0.4, -0.2) is 5.91 Å². The molecule has 0 atom stereocenters. The normalized spacial score (nSPS) is 10.2. The minimum atomic E-state index is -0.0955. The van der Waals surface area contributed by atoms with E-state index in [0.717, 1.165) is 21.3 Å². The van der Waals surface area contributed by atoms with Crippen LogP contribution in [0.1, 0.15) is 21.5 Å². The monoisotopic (exact) mass is 333 g/mol. The first-order valence-electron chi connectivity index (χ1n) is 6.20. The molecule has 0 unspecified atom stereocenters. The summed E-state index contributed by atoms with van der Waals surface area (Å²) < 4.78 is 0.986. The third-order valence-electron chi connectivity index (χ3n) is 3.03. The number of nitrogens with one attached hydrogen (secondary N) is 2. The summed E-state index contributed by atoms with van der Waals surface area (Å²) in [5, 5.41) is 2.91. The van der Waals surface area contributed by atoms with E-state index in [9.17, 15) is 4.79 Å². The lowest BCUT2D eigenvalue weighted by Gasteiger charge is -2.10. The highest BCUT2D eigenvalue weighted by Gasteiger charge is 2.09. The number of hydrazine groups is 1. The van der Waals surface area contributed by atoms with E-state index >= 15 is 0 Å². The van der Waals surface area contributed by atoms with Gasteiger partial charge in [-0.15, -0.1) is 0 Å². The number of nitrogen functional groups attached to an aromatic ring is 1. The number of aryl methyl sites for hydroxylation is 1. The number of rotatable bonds is 4. The van der Waals surface area contributed by atoms with Crippen molar-refractivity contribution in [3.8, 4) is 0 Å². The highest BCUT2D eigenvalue weighted by molar-refractivity contribution is 9.10. The van der Waals surface area contributed by atoms with Crippen molar-refractivity contribution in [2.45, 2.75) is 13.5 Å². The number of hydrogen-bond acceptors (Lipinski definition) is 3. The molecular weight excluding hydrogens is 318 g/mol. The molecule has 104 valence electrons. The van der Waals surface area contributed by atoms with Crippen LogP contribution in [0.4, 0.5) is 5.69 Å². The van der Waals surface area contributed by atoms with Gasteiger partial charge >= 0.3 is 0 Å². The summed E-state index contributed by atoms with van der Waals surface area (Å²) in [7, 11) is 0. The van der Waals surface area contributed by atoms with E-state index in [0.29, 0.717) is 12.1 Å². The molecule has 0 aromatic heterocycles. The van der Waals surface area contributed by atoms with E-state index in [4.69, 9.17) is 5.84 Å². The fourth-order valence-corrected chi connectivity index (χ4v) is 2.35. The fraction of sp³-hybridized carbons (Fsp3) is 0.133. The Labute approximate surface area is 126 Å². The van der Waals surface area contributed by atoms with Gasteiger partial charge in [0.05, 0.1) is 0 Å². The maximum Gasteiger partial charge on any atom is 0.251 e. The zero-order chi connectivity index (χ0) is 14.5. The minimum Gasteiger partial charge on any atom is -0.348 e. The second-order valence-corrected chi connectivity index (χ2v) is 5.30. The number of hydrogen-bond donors (Lipinski definition) is 3. The molecule has 2 aromatic carbocycles. The number of nitrogens with two attached hydrogens (primary N) is 1. The second-order valence-electron chi connectivity index (χ2n) is 4.45. The van der Waals surface area contributed by atoms with Crippen LogP contribution >= 0.6 is 15.9 Å². The minimum absolute atomic E-state index is 0.0955. The Bertz CT molecular complexity index is 628. The molecule has 20 heavy (non-hydrogen) atoms. The van der Waals surface area contributed by atoms with E-state index in [1.807, 2.05) is 37.3 Å². The largest absolute Gasteiger partial charge is 0.348 e. The molecule has 0 fully saturated rings. The summed E-state index contributed by atoms with van der Waals surface area (Å²) in [5.74, 6) is 5.24. The number of benzene rings is 2. The van der Waals surface area contributed by atoms with Crippen molar-refractivity contribution in [3.63, 3.8) is 0 Å². The van der Waals surface area contributed by atoms with Gasteiger partial charge in [0.1, 0.15) is 0 Å². The number of anilines is 1. The predicted octanol–water partition coefficient (Wildman–Crippen LogP) is 2.97. The summed E-state index contributed by atoms with van der Waals surface area (Å²) in [6.45, 7) is 2.37. The van der Waals surface area contributed by atoms with Crippen LogP contribution in [0.15, 0.2) is 46.9 Å². The molecule has 5 heteroatoms. The summed E-state index contributed by atoms with van der Waals surface area (Å²) in [4.78, 5) is 12.2. The molecule has 0 spiro atoms. The molecule has 4 nitrogen and oxygen atoms in total. The van der Waals surface area contributed by atoms with Crippen molar-refractivity contribution in [2.75, 3.05) is 5.43 Å². The third-order valence-corrected chi connectivity index (χ3v) is 3.81. The van der Waals surface area contributed by atoms with Crippen LogP contribution in [0.25, 0.3) is 0 Å². The fourth-order valence-electron chi connectivity index (χ4n) is 1.92. The highest BCUT2D eigenvalue weighted by Crippen LogP contribution is 2.17. The topological polar surface area (TPSA) is 67.1 Å². The van der Waals surface area contributed by atoms with Gasteiger partial charge in [-0.2, -0.15) is 0 Å². The average molecular weight is 334 g/mol. The molecule has 0 aliphatic heterocycles. The van der Waals surface area contributed by atoms with E-state index in [1.165, 1.54) is 0 Å². The van der Waals surface area contributed by atoms with Crippen molar-refractivity contribution >= 4 is 27.5 Å². The van der Waals surface area contributed by atoms with Gasteiger partial charge in [0.2, 0.25) is 0 Å². The number of halogens is 1. The van der Waals surface area contributed by atoms with Crippen LogP contribution in [0.2, 0.25) is 0 Å². The lowest BCUT2D eigenvalue weighted by molar-refractivity contribution is 0.0950. The van der Waals surface area contributed by atoms with Crippen molar-refractivity contribution in [1.29, 1.82) is 0 Å². The van der Waals surface area contributed by atoms with Crippen LogP contribution in [0.5, 0.6) is 0 Å². The van der Waals surface area contributed by atoms with Gasteiger partial charge in [0.25, 0.3) is 5.91 Å². The SMILES string of the molecule is Cc1cc(NN)ccc1C(=O)NCc1ccccc1Br. The maximum atomic E-state index is 12.2. The van der Waals surface area contributed by atoms with E-state index in [1.54, 1.807) is 12.1 Å². The van der Waals surface area contributed by atoms with Gasteiger partial charge in [0, 0.05) is 22.3 Å². The number of carbonyl (C=O) groups is 1. The average Bonchev–Trinajstić information content (AvgIpc) is 2.46. The van der Waals surface area contributed by atoms with E-state index in [2.05, 4.69) is 26.7 Å². The molecule has 0 aliphatic rings. The first kappa shape index (κ1) is 14.6. The van der Waals surface area contributed by atoms with Crippen molar-refractivity contribution in [2.24, 2.45) is 5.84 Å². The molecule has 2 rings (SSSR count).